The van der Waals surface area contributed by atoms with Gasteiger partial charge in [0.25, 0.3) is 5.91 Å². The molecule has 39 heavy (non-hydrogen) atoms. The Hall–Kier alpha value is -2.66. The lowest BCUT2D eigenvalue weighted by Gasteiger charge is -2.37. The third kappa shape index (κ3) is 8.17. The van der Waals surface area contributed by atoms with Gasteiger partial charge in [-0.05, 0) is 39.3 Å². The molecule has 9 nitrogen and oxygen atoms in total. The number of amides is 3. The first kappa shape index (κ1) is 30.9. The van der Waals surface area contributed by atoms with E-state index in [0.29, 0.717) is 5.02 Å². The second-order valence-corrected chi connectivity index (χ2v) is 13.7. The molecule has 0 spiro atoms. The maximum absolute atomic E-state index is 15.6. The topological polar surface area (TPSA) is 113 Å². The predicted octanol–water partition coefficient (Wildman–Crippen LogP) is 3.68. The first-order chi connectivity index (χ1) is 18.0. The minimum absolute atomic E-state index is 0.0223. The van der Waals surface area contributed by atoms with Crippen molar-refractivity contribution in [2.75, 3.05) is 32.4 Å². The van der Waals surface area contributed by atoms with Gasteiger partial charge in [-0.3, -0.25) is 9.59 Å². The Labute approximate surface area is 234 Å². The summed E-state index contributed by atoms with van der Waals surface area (Å²) >= 11 is 6.46. The second-order valence-electron chi connectivity index (χ2n) is 11.3. The number of piperidine rings is 1. The highest BCUT2D eigenvalue weighted by Gasteiger charge is 2.47. The lowest BCUT2D eigenvalue weighted by atomic mass is 9.86. The molecule has 0 aromatic heterocycles. The van der Waals surface area contributed by atoms with Gasteiger partial charge in [-0.25, -0.2) is 17.6 Å². The molecule has 1 aromatic carbocycles. The monoisotopic (exact) mass is 585 g/mol. The smallest absolute Gasteiger partial charge is 0.410 e. The van der Waals surface area contributed by atoms with Crippen molar-refractivity contribution in [1.82, 2.24) is 15.1 Å². The number of hydrogen-bond donors (Lipinski definition) is 1. The van der Waals surface area contributed by atoms with Crippen molar-refractivity contribution in [2.24, 2.45) is 5.92 Å². The van der Waals surface area contributed by atoms with Gasteiger partial charge in [0.15, 0.2) is 15.5 Å². The van der Waals surface area contributed by atoms with Gasteiger partial charge in [-0.2, -0.15) is 0 Å². The standard InChI is InChI=1S/C27H37ClFN3O6S/c1-18(10-15-39(5,36)37)30-24(34)27(29)11-13-31(14-12-27)23(33)21-17-32(25(35)38-26(2,3)4)16-20(21)19-8-6-7-9-22(19)28/h6-10,15,18,20-21H,11-14,16-17H2,1-5H3,(H,30,34)/b15-10-/t18-,20-,21-/m1/s1. The lowest BCUT2D eigenvalue weighted by Crippen LogP contribution is -2.54. The van der Waals surface area contributed by atoms with Crippen LogP contribution in [0.15, 0.2) is 35.7 Å². The molecule has 2 heterocycles. The molecule has 1 N–H and O–H groups in total. The lowest BCUT2D eigenvalue weighted by molar-refractivity contribution is -0.144. The van der Waals surface area contributed by atoms with E-state index in [9.17, 15) is 22.8 Å². The van der Waals surface area contributed by atoms with Crippen molar-refractivity contribution in [3.63, 3.8) is 0 Å². The Balaban J connectivity index is 1.71. The van der Waals surface area contributed by atoms with E-state index in [2.05, 4.69) is 5.32 Å². The Morgan fingerprint density at radius 2 is 1.77 bits per heavy atom. The second kappa shape index (κ2) is 11.8. The van der Waals surface area contributed by atoms with Crippen LogP contribution in [0.2, 0.25) is 5.02 Å². The fourth-order valence-electron chi connectivity index (χ4n) is 4.81. The molecule has 216 valence electrons. The number of ether oxygens (including phenoxy) is 1. The average Bonchev–Trinajstić information content (AvgIpc) is 3.27. The molecule has 0 aliphatic carbocycles. The summed E-state index contributed by atoms with van der Waals surface area (Å²) in [6.07, 6.45) is 1.38. The van der Waals surface area contributed by atoms with Crippen LogP contribution in [0, 0.1) is 5.92 Å². The molecule has 0 unspecified atom stereocenters. The zero-order valence-electron chi connectivity index (χ0n) is 22.9. The number of hydrogen-bond acceptors (Lipinski definition) is 6. The van der Waals surface area contributed by atoms with Crippen LogP contribution >= 0.6 is 11.6 Å². The highest BCUT2D eigenvalue weighted by atomic mass is 35.5. The minimum Gasteiger partial charge on any atom is -0.444 e. The van der Waals surface area contributed by atoms with Gasteiger partial charge in [-0.15, -0.1) is 0 Å². The van der Waals surface area contributed by atoms with E-state index >= 15 is 4.39 Å². The van der Waals surface area contributed by atoms with E-state index in [1.54, 1.807) is 39.8 Å². The fourth-order valence-corrected chi connectivity index (χ4v) is 5.61. The van der Waals surface area contributed by atoms with Crippen LogP contribution in [0.1, 0.15) is 52.0 Å². The molecule has 3 rings (SSSR count). The molecular weight excluding hydrogens is 549 g/mol. The number of nitrogens with zero attached hydrogens (tertiary/aromatic N) is 2. The highest BCUT2D eigenvalue weighted by molar-refractivity contribution is 7.93. The molecule has 2 fully saturated rings. The summed E-state index contributed by atoms with van der Waals surface area (Å²) in [6.45, 7) is 7.28. The fraction of sp³-hybridized carbons (Fsp3) is 0.593. The molecule has 12 heteroatoms. The first-order valence-corrected chi connectivity index (χ1v) is 15.2. The number of sulfone groups is 1. The molecule has 0 radical (unpaired) electrons. The first-order valence-electron chi connectivity index (χ1n) is 12.9. The molecule has 0 saturated carbocycles. The molecule has 1 aromatic rings. The molecular formula is C27H37ClFN3O6S. The molecule has 3 amide bonds. The minimum atomic E-state index is -3.38. The zero-order valence-corrected chi connectivity index (χ0v) is 24.5. The number of rotatable bonds is 6. The number of carbonyl (C=O) groups excluding carboxylic acids is 3. The van der Waals surface area contributed by atoms with Crippen LogP contribution < -0.4 is 5.32 Å². The van der Waals surface area contributed by atoms with Gasteiger partial charge in [0, 0.05) is 67.7 Å². The molecule has 3 atom stereocenters. The van der Waals surface area contributed by atoms with Gasteiger partial charge in [0.05, 0.1) is 5.92 Å². The Morgan fingerprint density at radius 3 is 2.33 bits per heavy atom. The van der Waals surface area contributed by atoms with Crippen molar-refractivity contribution in [3.8, 4) is 0 Å². The molecule has 2 aliphatic rings. The molecule has 2 aliphatic heterocycles. The van der Waals surface area contributed by atoms with E-state index in [1.807, 2.05) is 12.1 Å². The normalized spacial score (nSPS) is 22.5. The predicted molar refractivity (Wildman–Crippen MR) is 147 cm³/mol. The van der Waals surface area contributed by atoms with E-state index in [-0.39, 0.29) is 50.8 Å². The summed E-state index contributed by atoms with van der Waals surface area (Å²) in [5, 5.41) is 3.94. The summed E-state index contributed by atoms with van der Waals surface area (Å²) in [5.74, 6) is -2.06. The maximum Gasteiger partial charge on any atom is 0.410 e. The summed E-state index contributed by atoms with van der Waals surface area (Å²) in [6, 6.07) is 6.49. The Bertz CT molecular complexity index is 1220. The average molecular weight is 586 g/mol. The van der Waals surface area contributed by atoms with Crippen LogP contribution in [0.4, 0.5) is 9.18 Å². The third-order valence-corrected chi connectivity index (χ3v) is 7.84. The highest BCUT2D eigenvalue weighted by Crippen LogP contribution is 2.39. The third-order valence-electron chi connectivity index (χ3n) is 6.84. The van der Waals surface area contributed by atoms with Crippen molar-refractivity contribution < 1.29 is 31.9 Å². The Morgan fingerprint density at radius 1 is 1.15 bits per heavy atom. The van der Waals surface area contributed by atoms with E-state index in [1.165, 1.54) is 15.9 Å². The number of alkyl halides is 1. The van der Waals surface area contributed by atoms with Gasteiger partial charge in [0.1, 0.15) is 5.60 Å². The van der Waals surface area contributed by atoms with Crippen molar-refractivity contribution in [1.29, 1.82) is 0 Å². The van der Waals surface area contributed by atoms with Crippen molar-refractivity contribution in [2.45, 2.75) is 63.8 Å². The van der Waals surface area contributed by atoms with E-state index in [0.717, 1.165) is 17.2 Å². The zero-order chi connectivity index (χ0) is 29.2. The SMILES string of the molecule is C[C@H](/C=C\S(C)(=O)=O)NC(=O)C1(F)CCN(C(=O)[C@@H]2CN(C(=O)OC(C)(C)C)C[C@@H]2c2ccccc2Cl)CC1. The van der Waals surface area contributed by atoms with Crippen LogP contribution in [-0.4, -0.2) is 85.9 Å². The summed E-state index contributed by atoms with van der Waals surface area (Å²) in [7, 11) is -3.38. The van der Waals surface area contributed by atoms with Gasteiger partial charge < -0.3 is 19.9 Å². The van der Waals surface area contributed by atoms with Crippen molar-refractivity contribution >= 4 is 39.3 Å². The summed E-state index contributed by atoms with van der Waals surface area (Å²) in [5.41, 5.74) is -2.14. The van der Waals surface area contributed by atoms with Crippen molar-refractivity contribution in [3.05, 3.63) is 46.3 Å². The number of benzene rings is 1. The van der Waals surface area contributed by atoms with Crippen LogP contribution in [-0.2, 0) is 24.2 Å². The Kier molecular flexibility index (Phi) is 9.37. The number of likely N-dealkylation sites (tertiary alicyclic amines) is 2. The molecule has 2 saturated heterocycles. The largest absolute Gasteiger partial charge is 0.444 e. The van der Waals surface area contributed by atoms with Crippen LogP contribution in [0.3, 0.4) is 0 Å². The van der Waals surface area contributed by atoms with Gasteiger partial charge in [-0.1, -0.05) is 35.9 Å². The van der Waals surface area contributed by atoms with Crippen LogP contribution in [0.25, 0.3) is 0 Å². The van der Waals surface area contributed by atoms with Crippen LogP contribution in [0.5, 0.6) is 0 Å². The summed E-state index contributed by atoms with van der Waals surface area (Å²) < 4.78 is 43.7. The molecule has 0 bridgehead atoms. The van der Waals surface area contributed by atoms with Gasteiger partial charge >= 0.3 is 6.09 Å². The van der Waals surface area contributed by atoms with E-state index in [4.69, 9.17) is 16.3 Å². The number of carbonyl (C=O) groups is 3. The van der Waals surface area contributed by atoms with Gasteiger partial charge in [0.2, 0.25) is 5.91 Å². The maximum atomic E-state index is 15.6. The number of nitrogens with one attached hydrogen (secondary N) is 1. The quantitative estimate of drug-likeness (QED) is 0.545. The van der Waals surface area contributed by atoms with E-state index < -0.39 is 45.1 Å². The number of halogens is 2. The summed E-state index contributed by atoms with van der Waals surface area (Å²) in [4.78, 5) is 42.2.